The fourth-order valence-corrected chi connectivity index (χ4v) is 2.87. The normalized spacial score (nSPS) is 18.2. The molecule has 3 heteroatoms. The molecule has 1 unspecified atom stereocenters. The van der Waals surface area contributed by atoms with Crippen molar-refractivity contribution >= 4 is 5.82 Å². The van der Waals surface area contributed by atoms with Crippen molar-refractivity contribution in [3.05, 3.63) is 22.9 Å². The molecule has 1 aromatic rings. The van der Waals surface area contributed by atoms with Gasteiger partial charge in [0.15, 0.2) is 0 Å². The van der Waals surface area contributed by atoms with Gasteiger partial charge in [-0.2, -0.15) is 5.26 Å². The van der Waals surface area contributed by atoms with Gasteiger partial charge in [0.05, 0.1) is 5.56 Å². The maximum Gasteiger partial charge on any atom is 0.144 e. The van der Waals surface area contributed by atoms with Gasteiger partial charge in [-0.05, 0) is 48.6 Å². The lowest BCUT2D eigenvalue weighted by molar-refractivity contribution is 0.215. The maximum absolute atomic E-state index is 9.32. The number of aromatic nitrogens is 1. The molecule has 0 spiro atoms. The highest BCUT2D eigenvalue weighted by atomic mass is 15.0. The van der Waals surface area contributed by atoms with Crippen molar-refractivity contribution in [1.29, 1.82) is 5.26 Å². The Morgan fingerprint density at radius 1 is 1.45 bits per heavy atom. The third-order valence-electron chi connectivity index (χ3n) is 4.27. The molecule has 1 aliphatic rings. The molecule has 108 valence electrons. The quantitative estimate of drug-likeness (QED) is 0.906. The van der Waals surface area contributed by atoms with Gasteiger partial charge in [0.2, 0.25) is 0 Å². The average molecular weight is 271 g/mol. The largest absolute Gasteiger partial charge is 0.369 e. The molecule has 0 fully saturated rings. The first-order valence-electron chi connectivity index (χ1n) is 7.62. The Bertz CT molecular complexity index is 520. The number of nitrogens with one attached hydrogen (secondary N) is 1. The van der Waals surface area contributed by atoms with Crippen molar-refractivity contribution in [2.24, 2.45) is 11.3 Å². The first kappa shape index (κ1) is 14.8. The molecule has 0 aliphatic heterocycles. The van der Waals surface area contributed by atoms with E-state index in [0.29, 0.717) is 16.9 Å². The third-order valence-corrected chi connectivity index (χ3v) is 4.27. The van der Waals surface area contributed by atoms with Crippen LogP contribution in [0, 0.1) is 22.7 Å². The van der Waals surface area contributed by atoms with E-state index in [9.17, 15) is 5.26 Å². The number of hydrogen-bond acceptors (Lipinski definition) is 3. The van der Waals surface area contributed by atoms with E-state index >= 15 is 0 Å². The van der Waals surface area contributed by atoms with Crippen LogP contribution in [0.15, 0.2) is 6.07 Å². The van der Waals surface area contributed by atoms with E-state index in [2.05, 4.69) is 45.1 Å². The van der Waals surface area contributed by atoms with Crippen LogP contribution in [0.1, 0.15) is 57.4 Å². The molecular formula is C17H25N3. The van der Waals surface area contributed by atoms with Crippen LogP contribution in [0.5, 0.6) is 0 Å². The number of nitriles is 1. The first-order valence-corrected chi connectivity index (χ1v) is 7.62. The predicted octanol–water partition coefficient (Wildman–Crippen LogP) is 3.93. The summed E-state index contributed by atoms with van der Waals surface area (Å²) in [6.45, 7) is 9.89. The molecule has 3 nitrogen and oxygen atoms in total. The van der Waals surface area contributed by atoms with Gasteiger partial charge in [-0.15, -0.1) is 0 Å². The molecule has 0 aromatic carbocycles. The van der Waals surface area contributed by atoms with Crippen molar-refractivity contribution in [3.63, 3.8) is 0 Å². The lowest BCUT2D eigenvalue weighted by Gasteiger charge is -2.34. The van der Waals surface area contributed by atoms with Crippen LogP contribution in [0.25, 0.3) is 0 Å². The summed E-state index contributed by atoms with van der Waals surface area (Å²) in [6, 6.07) is 4.34. The molecule has 1 aliphatic carbocycles. The number of hydrogen-bond donors (Lipinski definition) is 1. The number of fused-ring (bicyclic) bond motifs is 1. The fourth-order valence-electron chi connectivity index (χ4n) is 2.87. The Kier molecular flexibility index (Phi) is 4.32. The summed E-state index contributed by atoms with van der Waals surface area (Å²) in [6.07, 6.45) is 4.32. The van der Waals surface area contributed by atoms with Gasteiger partial charge in [-0.1, -0.05) is 27.7 Å². The predicted molar refractivity (Wildman–Crippen MR) is 82.7 cm³/mol. The van der Waals surface area contributed by atoms with Crippen molar-refractivity contribution < 1.29 is 0 Å². The van der Waals surface area contributed by atoms with E-state index in [-0.39, 0.29) is 0 Å². The Labute approximate surface area is 122 Å². The zero-order valence-corrected chi connectivity index (χ0v) is 13.1. The van der Waals surface area contributed by atoms with Crippen molar-refractivity contribution in [1.82, 2.24) is 4.98 Å². The number of aryl methyl sites for hydroxylation is 1. The molecule has 0 radical (unpaired) electrons. The molecule has 1 aromatic heterocycles. The summed E-state index contributed by atoms with van der Waals surface area (Å²) in [5, 5.41) is 12.6. The van der Waals surface area contributed by atoms with E-state index in [1.165, 1.54) is 17.7 Å². The van der Waals surface area contributed by atoms with Crippen LogP contribution >= 0.6 is 0 Å². The molecule has 1 N–H and O–H groups in total. The standard InChI is InChI=1S/C17H25N3/c1-5-8-19-16-13(11-18)9-12-10-14(17(2,3)4)6-7-15(12)20-16/h9,14H,5-8,10H2,1-4H3,(H,19,20). The molecule has 0 saturated carbocycles. The second-order valence-electron chi connectivity index (χ2n) is 6.83. The van der Waals surface area contributed by atoms with Gasteiger partial charge in [0.25, 0.3) is 0 Å². The topological polar surface area (TPSA) is 48.7 Å². The zero-order chi connectivity index (χ0) is 14.8. The van der Waals surface area contributed by atoms with Crippen LogP contribution in [0.4, 0.5) is 5.82 Å². The highest BCUT2D eigenvalue weighted by Crippen LogP contribution is 2.37. The summed E-state index contributed by atoms with van der Waals surface area (Å²) in [5.74, 6) is 1.44. The third kappa shape index (κ3) is 3.12. The second kappa shape index (κ2) is 5.83. The van der Waals surface area contributed by atoms with Crippen LogP contribution in [-0.4, -0.2) is 11.5 Å². The zero-order valence-electron chi connectivity index (χ0n) is 13.1. The van der Waals surface area contributed by atoms with Gasteiger partial charge in [0, 0.05) is 12.2 Å². The minimum atomic E-state index is 0.323. The van der Waals surface area contributed by atoms with Crippen molar-refractivity contribution in [3.8, 4) is 6.07 Å². The Hall–Kier alpha value is -1.56. The SMILES string of the molecule is CCCNc1nc2c(cc1C#N)CC(C(C)(C)C)CC2. The average Bonchev–Trinajstić information content (AvgIpc) is 2.42. The summed E-state index contributed by atoms with van der Waals surface area (Å²) < 4.78 is 0. The minimum Gasteiger partial charge on any atom is -0.369 e. The Balaban J connectivity index is 2.29. The van der Waals surface area contributed by atoms with Crippen LogP contribution < -0.4 is 5.32 Å². The van der Waals surface area contributed by atoms with E-state index in [1.54, 1.807) is 0 Å². The second-order valence-corrected chi connectivity index (χ2v) is 6.83. The molecule has 2 rings (SSSR count). The molecular weight excluding hydrogens is 246 g/mol. The molecule has 0 bridgehead atoms. The molecule has 0 saturated heterocycles. The van der Waals surface area contributed by atoms with Gasteiger partial charge in [-0.3, -0.25) is 0 Å². The van der Waals surface area contributed by atoms with E-state index in [0.717, 1.165) is 31.6 Å². The van der Waals surface area contributed by atoms with Gasteiger partial charge < -0.3 is 5.32 Å². The number of anilines is 1. The highest BCUT2D eigenvalue weighted by Gasteiger charge is 2.29. The lowest BCUT2D eigenvalue weighted by Crippen LogP contribution is -2.27. The minimum absolute atomic E-state index is 0.323. The van der Waals surface area contributed by atoms with Crippen molar-refractivity contribution in [2.75, 3.05) is 11.9 Å². The smallest absolute Gasteiger partial charge is 0.144 e. The van der Waals surface area contributed by atoms with Gasteiger partial charge >= 0.3 is 0 Å². The van der Waals surface area contributed by atoms with E-state index < -0.39 is 0 Å². The Morgan fingerprint density at radius 3 is 2.80 bits per heavy atom. The number of rotatable bonds is 3. The first-order chi connectivity index (χ1) is 9.45. The monoisotopic (exact) mass is 271 g/mol. The van der Waals surface area contributed by atoms with Gasteiger partial charge in [-0.25, -0.2) is 4.98 Å². The van der Waals surface area contributed by atoms with Crippen LogP contribution in [0.2, 0.25) is 0 Å². The van der Waals surface area contributed by atoms with E-state index in [4.69, 9.17) is 4.98 Å². The fraction of sp³-hybridized carbons (Fsp3) is 0.647. The molecule has 0 amide bonds. The molecule has 1 heterocycles. The van der Waals surface area contributed by atoms with Crippen LogP contribution in [0.3, 0.4) is 0 Å². The van der Waals surface area contributed by atoms with Crippen molar-refractivity contribution in [2.45, 2.75) is 53.4 Å². The van der Waals surface area contributed by atoms with Gasteiger partial charge in [0.1, 0.15) is 11.9 Å². The summed E-state index contributed by atoms with van der Waals surface area (Å²) in [4.78, 5) is 4.70. The number of pyridine rings is 1. The maximum atomic E-state index is 9.32. The van der Waals surface area contributed by atoms with Crippen LogP contribution in [-0.2, 0) is 12.8 Å². The number of nitrogens with zero attached hydrogens (tertiary/aromatic N) is 2. The summed E-state index contributed by atoms with van der Waals surface area (Å²) in [5.41, 5.74) is 3.47. The Morgan fingerprint density at radius 2 is 2.20 bits per heavy atom. The summed E-state index contributed by atoms with van der Waals surface area (Å²) >= 11 is 0. The molecule has 1 atom stereocenters. The highest BCUT2D eigenvalue weighted by molar-refractivity contribution is 5.54. The van der Waals surface area contributed by atoms with E-state index in [1.807, 2.05) is 0 Å². The summed E-state index contributed by atoms with van der Waals surface area (Å²) in [7, 11) is 0. The molecule has 20 heavy (non-hydrogen) atoms. The lowest BCUT2D eigenvalue weighted by atomic mass is 9.71.